The number of carbonyl (C=O) groups is 1. The molecule has 28 heavy (non-hydrogen) atoms. The van der Waals surface area contributed by atoms with E-state index in [1.165, 1.54) is 5.69 Å². The number of carbonyl (C=O) groups excluding carboxylic acids is 1. The summed E-state index contributed by atoms with van der Waals surface area (Å²) in [6, 6.07) is 18.4. The Morgan fingerprint density at radius 3 is 2.43 bits per heavy atom. The Morgan fingerprint density at radius 1 is 1.04 bits per heavy atom. The van der Waals surface area contributed by atoms with Crippen LogP contribution in [0.2, 0.25) is 0 Å². The minimum absolute atomic E-state index is 0.0297. The van der Waals surface area contributed by atoms with Crippen LogP contribution in [0.1, 0.15) is 6.42 Å². The number of nitrogens with one attached hydrogen (secondary N) is 1. The van der Waals surface area contributed by atoms with Crippen molar-refractivity contribution >= 4 is 17.4 Å². The molecule has 3 rings (SSSR count). The van der Waals surface area contributed by atoms with Crippen molar-refractivity contribution in [1.82, 2.24) is 10.2 Å². The molecule has 150 valence electrons. The lowest BCUT2D eigenvalue weighted by atomic mass is 10.2. The Kier molecular flexibility index (Phi) is 7.00. The van der Waals surface area contributed by atoms with Crippen LogP contribution >= 0.6 is 0 Å². The van der Waals surface area contributed by atoms with Crippen LogP contribution in [0.5, 0.6) is 5.75 Å². The average molecular weight is 383 g/mol. The summed E-state index contributed by atoms with van der Waals surface area (Å²) >= 11 is 0. The number of methoxy groups -OCH3 is 1. The number of hydrogen-bond donors (Lipinski definition) is 1. The highest BCUT2D eigenvalue weighted by molar-refractivity contribution is 5.74. The monoisotopic (exact) mass is 382 g/mol. The van der Waals surface area contributed by atoms with Gasteiger partial charge in [-0.25, -0.2) is 4.79 Å². The van der Waals surface area contributed by atoms with E-state index in [-0.39, 0.29) is 6.03 Å². The summed E-state index contributed by atoms with van der Waals surface area (Å²) in [5.41, 5.74) is 2.29. The second kappa shape index (κ2) is 9.88. The number of para-hydroxylation sites is 3. The first-order valence-electron chi connectivity index (χ1n) is 9.86. The predicted octanol–water partition coefficient (Wildman–Crippen LogP) is 3.05. The van der Waals surface area contributed by atoms with Crippen molar-refractivity contribution in [3.8, 4) is 5.75 Å². The van der Waals surface area contributed by atoms with Gasteiger partial charge in [0.15, 0.2) is 0 Å². The van der Waals surface area contributed by atoms with Gasteiger partial charge < -0.3 is 24.8 Å². The number of urea groups is 1. The normalized spacial score (nSPS) is 13.9. The lowest BCUT2D eigenvalue weighted by Crippen LogP contribution is -2.52. The van der Waals surface area contributed by atoms with E-state index in [4.69, 9.17) is 4.74 Å². The Bertz CT molecular complexity index is 745. The Hall–Kier alpha value is -2.89. The summed E-state index contributed by atoms with van der Waals surface area (Å²) in [6.45, 7) is 4.64. The molecule has 0 radical (unpaired) electrons. The first-order valence-corrected chi connectivity index (χ1v) is 9.86. The molecule has 0 atom stereocenters. The molecule has 2 amide bonds. The van der Waals surface area contributed by atoms with Crippen LogP contribution in [-0.4, -0.2) is 64.4 Å². The van der Waals surface area contributed by atoms with Crippen molar-refractivity contribution in [3.05, 3.63) is 54.6 Å². The molecule has 0 saturated carbocycles. The number of piperazine rings is 1. The van der Waals surface area contributed by atoms with Crippen molar-refractivity contribution in [2.24, 2.45) is 0 Å². The van der Waals surface area contributed by atoms with Crippen LogP contribution in [0.4, 0.5) is 16.2 Å². The maximum Gasteiger partial charge on any atom is 0.317 e. The Labute approximate surface area is 167 Å². The lowest BCUT2D eigenvalue weighted by Gasteiger charge is -2.36. The molecule has 0 aliphatic carbocycles. The maximum atomic E-state index is 12.4. The number of hydrogen-bond acceptors (Lipinski definition) is 4. The number of ether oxygens (including phenoxy) is 1. The Balaban J connectivity index is 1.38. The summed E-state index contributed by atoms with van der Waals surface area (Å²) in [6.07, 6.45) is 0.915. The summed E-state index contributed by atoms with van der Waals surface area (Å²) in [4.78, 5) is 18.8. The third-order valence-electron chi connectivity index (χ3n) is 5.14. The highest BCUT2D eigenvalue weighted by Crippen LogP contribution is 2.28. The predicted molar refractivity (Wildman–Crippen MR) is 115 cm³/mol. The summed E-state index contributed by atoms with van der Waals surface area (Å²) in [5, 5.41) is 3.05. The van der Waals surface area contributed by atoms with Crippen LogP contribution in [0.25, 0.3) is 0 Å². The van der Waals surface area contributed by atoms with E-state index >= 15 is 0 Å². The van der Waals surface area contributed by atoms with Gasteiger partial charge in [0.05, 0.1) is 12.8 Å². The highest BCUT2D eigenvalue weighted by atomic mass is 16.5. The number of nitrogens with zero attached hydrogens (tertiary/aromatic N) is 3. The van der Waals surface area contributed by atoms with Crippen molar-refractivity contribution < 1.29 is 9.53 Å². The maximum absolute atomic E-state index is 12.4. The molecule has 0 spiro atoms. The molecule has 2 aromatic rings. The average Bonchev–Trinajstić information content (AvgIpc) is 2.77. The van der Waals surface area contributed by atoms with Gasteiger partial charge in [-0.2, -0.15) is 0 Å². The van der Waals surface area contributed by atoms with Gasteiger partial charge in [-0.15, -0.1) is 0 Å². The van der Waals surface area contributed by atoms with Crippen molar-refractivity contribution in [2.45, 2.75) is 6.42 Å². The summed E-state index contributed by atoms with van der Waals surface area (Å²) < 4.78 is 5.45. The molecule has 6 heteroatoms. The van der Waals surface area contributed by atoms with Gasteiger partial charge in [-0.3, -0.25) is 0 Å². The topological polar surface area (TPSA) is 48.1 Å². The minimum atomic E-state index is 0.0297. The zero-order valence-corrected chi connectivity index (χ0v) is 16.8. The van der Waals surface area contributed by atoms with Crippen LogP contribution in [0, 0.1) is 0 Å². The van der Waals surface area contributed by atoms with Crippen LogP contribution in [0.15, 0.2) is 54.6 Å². The number of benzene rings is 2. The second-order valence-corrected chi connectivity index (χ2v) is 6.99. The fraction of sp³-hybridized carbons (Fsp3) is 0.409. The van der Waals surface area contributed by atoms with E-state index in [0.29, 0.717) is 19.6 Å². The number of amides is 2. The number of rotatable bonds is 7. The van der Waals surface area contributed by atoms with E-state index in [1.807, 2.05) is 41.3 Å². The molecule has 1 N–H and O–H groups in total. The highest BCUT2D eigenvalue weighted by Gasteiger charge is 2.22. The standard InChI is InChI=1S/C22H30N4O2/c1-24(19-9-4-3-5-10-19)14-8-13-23-22(27)26-17-15-25(16-18-26)20-11-6-7-12-21(20)28-2/h3-7,9-12H,8,13-18H2,1-2H3,(H,23,27). The van der Waals surface area contributed by atoms with Gasteiger partial charge in [-0.1, -0.05) is 30.3 Å². The summed E-state index contributed by atoms with van der Waals surface area (Å²) in [7, 11) is 3.77. The molecular weight excluding hydrogens is 352 g/mol. The second-order valence-electron chi connectivity index (χ2n) is 6.99. The zero-order valence-electron chi connectivity index (χ0n) is 16.8. The van der Waals surface area contributed by atoms with E-state index < -0.39 is 0 Å². The fourth-order valence-corrected chi connectivity index (χ4v) is 3.48. The third kappa shape index (κ3) is 5.09. The first kappa shape index (κ1) is 19.9. The molecular formula is C22H30N4O2. The summed E-state index contributed by atoms with van der Waals surface area (Å²) in [5.74, 6) is 0.878. The van der Waals surface area contributed by atoms with Crippen LogP contribution in [-0.2, 0) is 0 Å². The van der Waals surface area contributed by atoms with Gasteiger partial charge in [0.25, 0.3) is 0 Å². The van der Waals surface area contributed by atoms with E-state index in [9.17, 15) is 4.79 Å². The molecule has 0 bridgehead atoms. The minimum Gasteiger partial charge on any atom is -0.495 e. The van der Waals surface area contributed by atoms with Crippen LogP contribution < -0.4 is 19.9 Å². The first-order chi connectivity index (χ1) is 13.7. The molecule has 1 aliphatic rings. The smallest absolute Gasteiger partial charge is 0.317 e. The van der Waals surface area contributed by atoms with E-state index in [1.54, 1.807) is 7.11 Å². The molecule has 1 heterocycles. The van der Waals surface area contributed by atoms with Gasteiger partial charge in [0.2, 0.25) is 0 Å². The van der Waals surface area contributed by atoms with Crippen molar-refractivity contribution in [1.29, 1.82) is 0 Å². The van der Waals surface area contributed by atoms with Gasteiger partial charge in [-0.05, 0) is 30.7 Å². The molecule has 1 saturated heterocycles. The number of anilines is 2. The molecule has 2 aromatic carbocycles. The Morgan fingerprint density at radius 2 is 1.71 bits per heavy atom. The van der Waals surface area contributed by atoms with Crippen molar-refractivity contribution in [2.75, 3.05) is 63.2 Å². The van der Waals surface area contributed by atoms with E-state index in [0.717, 1.165) is 37.5 Å². The third-order valence-corrected chi connectivity index (χ3v) is 5.14. The molecule has 1 fully saturated rings. The SMILES string of the molecule is COc1ccccc1N1CCN(C(=O)NCCCN(C)c2ccccc2)CC1. The molecule has 0 unspecified atom stereocenters. The fourth-order valence-electron chi connectivity index (χ4n) is 3.48. The zero-order chi connectivity index (χ0) is 19.8. The largest absolute Gasteiger partial charge is 0.495 e. The van der Waals surface area contributed by atoms with E-state index in [2.05, 4.69) is 40.4 Å². The quantitative estimate of drug-likeness (QED) is 0.748. The van der Waals surface area contributed by atoms with Gasteiger partial charge >= 0.3 is 6.03 Å². The lowest BCUT2D eigenvalue weighted by molar-refractivity contribution is 0.194. The molecule has 0 aromatic heterocycles. The van der Waals surface area contributed by atoms with Crippen LogP contribution in [0.3, 0.4) is 0 Å². The van der Waals surface area contributed by atoms with Gasteiger partial charge in [0.1, 0.15) is 5.75 Å². The van der Waals surface area contributed by atoms with Gasteiger partial charge in [0, 0.05) is 52.0 Å². The molecule has 6 nitrogen and oxygen atoms in total. The molecule has 1 aliphatic heterocycles. The van der Waals surface area contributed by atoms with Crippen molar-refractivity contribution in [3.63, 3.8) is 0 Å².